The van der Waals surface area contributed by atoms with Gasteiger partial charge in [-0.3, -0.25) is 9.78 Å². The number of pyridine rings is 1. The van der Waals surface area contributed by atoms with Crippen molar-refractivity contribution < 1.29 is 4.79 Å². The second kappa shape index (κ2) is 6.19. The first-order valence-electron chi connectivity index (χ1n) is 6.50. The highest BCUT2D eigenvalue weighted by Gasteiger charge is 2.21. The number of carbonyl (C=O) groups is 1. The van der Waals surface area contributed by atoms with E-state index in [-0.39, 0.29) is 11.3 Å². The summed E-state index contributed by atoms with van der Waals surface area (Å²) in [5.74, 6) is 0.430. The van der Waals surface area contributed by atoms with Crippen LogP contribution in [0.25, 0.3) is 0 Å². The number of carbonyl (C=O) groups excluding carboxylic acids is 1. The third-order valence-corrected chi connectivity index (χ3v) is 3.89. The van der Waals surface area contributed by atoms with Gasteiger partial charge in [0.15, 0.2) is 0 Å². The highest BCUT2D eigenvalue weighted by molar-refractivity contribution is 6.20. The van der Waals surface area contributed by atoms with Crippen LogP contribution in [0, 0.1) is 12.8 Å². The predicted molar refractivity (Wildman–Crippen MR) is 72.9 cm³/mol. The highest BCUT2D eigenvalue weighted by Crippen LogP contribution is 2.27. The molecule has 18 heavy (non-hydrogen) atoms. The van der Waals surface area contributed by atoms with Gasteiger partial charge >= 0.3 is 0 Å². The largest absolute Gasteiger partial charge is 0.350 e. The van der Waals surface area contributed by atoms with E-state index in [0.29, 0.717) is 18.2 Å². The summed E-state index contributed by atoms with van der Waals surface area (Å²) in [6.07, 6.45) is 6.08. The molecule has 98 valence electrons. The Hall–Kier alpha value is -1.09. The number of amides is 1. The summed E-state index contributed by atoms with van der Waals surface area (Å²) in [5, 5.41) is 3.25. The molecule has 2 unspecified atom stereocenters. The van der Waals surface area contributed by atoms with Crippen LogP contribution < -0.4 is 5.32 Å². The zero-order valence-corrected chi connectivity index (χ0v) is 11.4. The van der Waals surface area contributed by atoms with E-state index < -0.39 is 0 Å². The van der Waals surface area contributed by atoms with Gasteiger partial charge in [0.05, 0.1) is 0 Å². The summed E-state index contributed by atoms with van der Waals surface area (Å²) in [4.78, 5) is 16.1. The van der Waals surface area contributed by atoms with Crippen LogP contribution >= 0.6 is 11.6 Å². The number of hydrogen-bond acceptors (Lipinski definition) is 2. The Morgan fingerprint density at radius 3 is 3.11 bits per heavy atom. The van der Waals surface area contributed by atoms with E-state index in [1.165, 1.54) is 0 Å². The molecule has 2 rings (SSSR count). The van der Waals surface area contributed by atoms with Crippen LogP contribution in [0.15, 0.2) is 18.3 Å². The predicted octanol–water partition coefficient (Wildman–Crippen LogP) is 2.92. The highest BCUT2D eigenvalue weighted by atomic mass is 35.5. The Labute approximate surface area is 113 Å². The van der Waals surface area contributed by atoms with Crippen LogP contribution in [0.3, 0.4) is 0 Å². The van der Waals surface area contributed by atoms with E-state index >= 15 is 0 Å². The minimum atomic E-state index is -0.0789. The third-order valence-electron chi connectivity index (χ3n) is 3.49. The fourth-order valence-corrected chi connectivity index (χ4v) is 2.86. The molecule has 0 radical (unpaired) electrons. The van der Waals surface area contributed by atoms with Crippen LogP contribution in [0.5, 0.6) is 0 Å². The average molecular weight is 267 g/mol. The van der Waals surface area contributed by atoms with Crippen LogP contribution in [-0.2, 0) is 0 Å². The molecule has 1 aromatic heterocycles. The molecule has 1 aliphatic rings. The topological polar surface area (TPSA) is 42.0 Å². The van der Waals surface area contributed by atoms with E-state index in [4.69, 9.17) is 11.6 Å². The Bertz CT molecular complexity index is 422. The van der Waals surface area contributed by atoms with Crippen LogP contribution in [0.4, 0.5) is 0 Å². The maximum atomic E-state index is 12.0. The number of halogens is 1. The normalized spacial score (nSPS) is 23.7. The van der Waals surface area contributed by atoms with Gasteiger partial charge in [0, 0.05) is 18.1 Å². The molecule has 1 N–H and O–H groups in total. The third kappa shape index (κ3) is 3.45. The average Bonchev–Trinajstić information content (AvgIpc) is 2.37. The fourth-order valence-electron chi connectivity index (χ4n) is 2.45. The quantitative estimate of drug-likeness (QED) is 0.855. The van der Waals surface area contributed by atoms with Gasteiger partial charge in [0.25, 0.3) is 5.91 Å². The summed E-state index contributed by atoms with van der Waals surface area (Å²) >= 11 is 6.14. The van der Waals surface area contributed by atoms with Crippen LogP contribution in [0.1, 0.15) is 41.7 Å². The van der Waals surface area contributed by atoms with E-state index in [0.717, 1.165) is 31.2 Å². The minimum Gasteiger partial charge on any atom is -0.350 e. The second-order valence-electron chi connectivity index (χ2n) is 5.01. The number of nitrogens with zero attached hydrogens (tertiary/aromatic N) is 1. The van der Waals surface area contributed by atoms with Crippen LogP contribution in [-0.4, -0.2) is 22.8 Å². The van der Waals surface area contributed by atoms with Crippen molar-refractivity contribution in [2.75, 3.05) is 6.54 Å². The van der Waals surface area contributed by atoms with Crippen molar-refractivity contribution in [1.82, 2.24) is 10.3 Å². The molecule has 0 saturated heterocycles. The first-order valence-corrected chi connectivity index (χ1v) is 6.94. The van der Waals surface area contributed by atoms with Gasteiger partial charge in [-0.15, -0.1) is 11.6 Å². The summed E-state index contributed by atoms with van der Waals surface area (Å²) in [7, 11) is 0. The van der Waals surface area contributed by atoms with E-state index in [2.05, 4.69) is 10.3 Å². The van der Waals surface area contributed by atoms with Crippen molar-refractivity contribution in [3.8, 4) is 0 Å². The van der Waals surface area contributed by atoms with Crippen molar-refractivity contribution in [2.45, 2.75) is 38.0 Å². The molecule has 4 heteroatoms. The number of nitrogens with one attached hydrogen (secondary N) is 1. The van der Waals surface area contributed by atoms with Gasteiger partial charge in [-0.25, -0.2) is 0 Å². The van der Waals surface area contributed by atoms with Gasteiger partial charge in [0.1, 0.15) is 5.69 Å². The monoisotopic (exact) mass is 266 g/mol. The van der Waals surface area contributed by atoms with Gasteiger partial charge in [0.2, 0.25) is 0 Å². The maximum absolute atomic E-state index is 12.0. The summed E-state index contributed by atoms with van der Waals surface area (Å²) < 4.78 is 0. The van der Waals surface area contributed by atoms with E-state index in [9.17, 15) is 4.79 Å². The number of rotatable bonds is 3. The number of hydrogen-bond donors (Lipinski definition) is 1. The molecule has 0 spiro atoms. The number of aryl methyl sites for hydroxylation is 1. The Balaban J connectivity index is 1.87. The molecule has 1 amide bonds. The second-order valence-corrected chi connectivity index (χ2v) is 5.63. The number of alkyl halides is 1. The molecule has 1 saturated carbocycles. The van der Waals surface area contributed by atoms with Crippen molar-refractivity contribution in [2.24, 2.45) is 5.92 Å². The molecular formula is C14H19ClN2O. The van der Waals surface area contributed by atoms with Crippen molar-refractivity contribution in [3.05, 3.63) is 29.6 Å². The lowest BCUT2D eigenvalue weighted by molar-refractivity contribution is 0.0938. The fraction of sp³-hybridized carbons (Fsp3) is 0.571. The Morgan fingerprint density at radius 1 is 1.56 bits per heavy atom. The summed E-state index contributed by atoms with van der Waals surface area (Å²) in [6, 6.07) is 3.74. The summed E-state index contributed by atoms with van der Waals surface area (Å²) in [6.45, 7) is 2.61. The summed E-state index contributed by atoms with van der Waals surface area (Å²) in [5.41, 5.74) is 1.43. The molecule has 1 heterocycles. The molecule has 1 aliphatic carbocycles. The standard InChI is InChI=1S/C14H19ClN2O/c1-10-4-3-7-16-13(10)14(18)17-9-11-5-2-6-12(15)8-11/h3-4,7,11-12H,2,5-6,8-9H2,1H3,(H,17,18). The lowest BCUT2D eigenvalue weighted by Gasteiger charge is -2.25. The van der Waals surface area contributed by atoms with Gasteiger partial charge in [-0.1, -0.05) is 12.5 Å². The lowest BCUT2D eigenvalue weighted by atomic mass is 9.89. The lowest BCUT2D eigenvalue weighted by Crippen LogP contribution is -2.32. The van der Waals surface area contributed by atoms with Crippen molar-refractivity contribution in [1.29, 1.82) is 0 Å². The van der Waals surface area contributed by atoms with Crippen molar-refractivity contribution >= 4 is 17.5 Å². The maximum Gasteiger partial charge on any atom is 0.270 e. The molecule has 0 aliphatic heterocycles. The smallest absolute Gasteiger partial charge is 0.270 e. The van der Waals surface area contributed by atoms with Gasteiger partial charge in [-0.2, -0.15) is 0 Å². The zero-order chi connectivity index (χ0) is 13.0. The van der Waals surface area contributed by atoms with Crippen LogP contribution in [0.2, 0.25) is 0 Å². The first kappa shape index (κ1) is 13.3. The zero-order valence-electron chi connectivity index (χ0n) is 10.7. The molecule has 1 fully saturated rings. The minimum absolute atomic E-state index is 0.0789. The molecule has 3 nitrogen and oxygen atoms in total. The molecule has 0 aromatic carbocycles. The molecule has 1 aromatic rings. The SMILES string of the molecule is Cc1cccnc1C(=O)NCC1CCCC(Cl)C1. The number of aromatic nitrogens is 1. The van der Waals surface area contributed by atoms with Gasteiger partial charge < -0.3 is 5.32 Å². The first-order chi connectivity index (χ1) is 8.66. The molecular weight excluding hydrogens is 248 g/mol. The molecule has 0 bridgehead atoms. The van der Waals surface area contributed by atoms with E-state index in [1.807, 2.05) is 19.1 Å². The van der Waals surface area contributed by atoms with Gasteiger partial charge in [-0.05, 0) is 43.7 Å². The Kier molecular flexibility index (Phi) is 4.59. The van der Waals surface area contributed by atoms with E-state index in [1.54, 1.807) is 6.20 Å². The van der Waals surface area contributed by atoms with Crippen molar-refractivity contribution in [3.63, 3.8) is 0 Å². The Morgan fingerprint density at radius 2 is 2.39 bits per heavy atom. The molecule has 2 atom stereocenters.